The number of aromatic nitrogens is 1. The monoisotopic (exact) mass is 453 g/mol. The number of amides is 1. The van der Waals surface area contributed by atoms with Gasteiger partial charge in [0.2, 0.25) is 5.91 Å². The molecular weight excluding hydrogens is 418 g/mol. The molecule has 0 N–H and O–H groups in total. The number of carbonyl (C=O) groups excluding carboxylic acids is 1. The highest BCUT2D eigenvalue weighted by Crippen LogP contribution is 2.30. The lowest BCUT2D eigenvalue weighted by molar-refractivity contribution is -0.120. The number of carbonyl (C=O) groups is 1. The second-order valence-corrected chi connectivity index (χ2v) is 9.06. The number of methoxy groups -OCH3 is 1. The summed E-state index contributed by atoms with van der Waals surface area (Å²) in [5.74, 6) is 1.98. The average Bonchev–Trinajstić information content (AvgIpc) is 2.86. The molecule has 1 amide bonds. The van der Waals surface area contributed by atoms with Gasteiger partial charge in [0.25, 0.3) is 0 Å². The van der Waals surface area contributed by atoms with Gasteiger partial charge in [0.15, 0.2) is 0 Å². The fraction of sp³-hybridized carbons (Fsp3) is 0.538. The molecule has 0 bridgehead atoms. The van der Waals surface area contributed by atoms with Crippen molar-refractivity contribution in [2.24, 2.45) is 5.92 Å². The summed E-state index contributed by atoms with van der Waals surface area (Å²) in [6.07, 6.45) is 4.27. The van der Waals surface area contributed by atoms with E-state index in [9.17, 15) is 9.18 Å². The van der Waals surface area contributed by atoms with Gasteiger partial charge < -0.3 is 9.64 Å². The number of hydrogen-bond donors (Lipinski definition) is 0. The summed E-state index contributed by atoms with van der Waals surface area (Å²) in [5.41, 5.74) is 1.13. The highest BCUT2D eigenvalue weighted by molar-refractivity contribution is 5.92. The molecule has 0 spiro atoms. The molecule has 2 heterocycles. The zero-order valence-corrected chi connectivity index (χ0v) is 19.5. The van der Waals surface area contributed by atoms with Crippen LogP contribution in [0, 0.1) is 5.92 Å². The van der Waals surface area contributed by atoms with Gasteiger partial charge in [0.05, 0.1) is 12.8 Å². The van der Waals surface area contributed by atoms with Crippen LogP contribution in [0.4, 0.5) is 15.9 Å². The third-order valence-electron chi connectivity index (χ3n) is 6.90. The largest absolute Gasteiger partial charge is 0.495 e. The lowest BCUT2D eigenvalue weighted by atomic mass is 9.85. The summed E-state index contributed by atoms with van der Waals surface area (Å²) in [6, 6.07) is 13.8. The van der Waals surface area contributed by atoms with Crippen LogP contribution in [0.15, 0.2) is 48.7 Å². The molecular formula is C26H35FN4O2. The van der Waals surface area contributed by atoms with Gasteiger partial charge in [-0.25, -0.2) is 9.37 Å². The summed E-state index contributed by atoms with van der Waals surface area (Å²) in [4.78, 5) is 24.3. The number of benzene rings is 1. The Morgan fingerprint density at radius 2 is 1.79 bits per heavy atom. The molecule has 1 saturated carbocycles. The molecule has 2 fully saturated rings. The van der Waals surface area contributed by atoms with Gasteiger partial charge in [0, 0.05) is 51.9 Å². The van der Waals surface area contributed by atoms with E-state index in [0.29, 0.717) is 31.6 Å². The minimum absolute atomic E-state index is 0.101. The Bertz CT molecular complexity index is 881. The number of anilines is 2. The van der Waals surface area contributed by atoms with Crippen molar-refractivity contribution < 1.29 is 13.9 Å². The van der Waals surface area contributed by atoms with Gasteiger partial charge in [-0.3, -0.25) is 14.6 Å². The minimum atomic E-state index is -0.697. The van der Waals surface area contributed by atoms with Crippen molar-refractivity contribution >= 4 is 17.4 Å². The number of hydrogen-bond acceptors (Lipinski definition) is 5. The highest BCUT2D eigenvalue weighted by atomic mass is 18.2. The van der Waals surface area contributed by atoms with Crippen LogP contribution in [0.2, 0.25) is 0 Å². The number of nitrogens with zero attached hydrogens (tertiary/aromatic N) is 4. The van der Waals surface area contributed by atoms with E-state index in [1.807, 2.05) is 41.3 Å². The summed E-state index contributed by atoms with van der Waals surface area (Å²) in [7, 11) is 1.71. The van der Waals surface area contributed by atoms with Crippen molar-refractivity contribution in [1.29, 1.82) is 0 Å². The Labute approximate surface area is 196 Å². The number of pyridine rings is 1. The maximum absolute atomic E-state index is 13.5. The fourth-order valence-corrected chi connectivity index (χ4v) is 4.91. The quantitative estimate of drug-likeness (QED) is 0.601. The molecule has 1 aliphatic heterocycles. The SMILES string of the molecule is COc1ccccc1N1CCN(CCN(C(=O)CC2CCC([18F])CC2)c2ccccn2)CC1. The molecule has 1 aromatic heterocycles. The topological polar surface area (TPSA) is 48.9 Å². The maximum atomic E-state index is 13.5. The van der Waals surface area contributed by atoms with Crippen molar-refractivity contribution in [3.05, 3.63) is 48.7 Å². The molecule has 178 valence electrons. The summed E-state index contributed by atoms with van der Waals surface area (Å²) < 4.78 is 19.0. The van der Waals surface area contributed by atoms with Gasteiger partial charge in [0.1, 0.15) is 17.7 Å². The van der Waals surface area contributed by atoms with Gasteiger partial charge in [-0.15, -0.1) is 0 Å². The number of para-hydroxylation sites is 2. The number of piperazine rings is 1. The summed E-state index contributed by atoms with van der Waals surface area (Å²) in [6.45, 7) is 5.13. The molecule has 2 aromatic rings. The summed E-state index contributed by atoms with van der Waals surface area (Å²) >= 11 is 0. The Morgan fingerprint density at radius 3 is 2.48 bits per heavy atom. The zero-order chi connectivity index (χ0) is 23.0. The third-order valence-corrected chi connectivity index (χ3v) is 6.90. The first-order valence-corrected chi connectivity index (χ1v) is 12.1. The highest BCUT2D eigenvalue weighted by Gasteiger charge is 2.27. The van der Waals surface area contributed by atoms with E-state index in [2.05, 4.69) is 20.9 Å². The molecule has 1 aromatic carbocycles. The van der Waals surface area contributed by atoms with Crippen LogP contribution in [0.3, 0.4) is 0 Å². The standard InChI is InChI=1S/C26H35FN4O2/c1-33-24-7-3-2-6-23(24)30-17-14-29(15-18-30)16-19-31(25-8-4-5-13-28-25)26(32)20-21-9-11-22(27)12-10-21/h2-8,13,21-22H,9-12,14-20H2,1H3/i27-1. The molecule has 4 rings (SSSR count). The molecule has 1 saturated heterocycles. The van der Waals surface area contributed by atoms with Crippen LogP contribution >= 0.6 is 0 Å². The molecule has 7 heteroatoms. The molecule has 0 radical (unpaired) electrons. The first kappa shape index (κ1) is 23.5. The number of ether oxygens (including phenoxy) is 1. The van der Waals surface area contributed by atoms with E-state index >= 15 is 0 Å². The van der Waals surface area contributed by atoms with E-state index in [-0.39, 0.29) is 11.8 Å². The van der Waals surface area contributed by atoms with Crippen molar-refractivity contribution in [3.63, 3.8) is 0 Å². The van der Waals surface area contributed by atoms with Crippen LogP contribution in [0.1, 0.15) is 32.1 Å². The molecule has 6 nitrogen and oxygen atoms in total. The number of alkyl halides is 1. The Morgan fingerprint density at radius 1 is 1.06 bits per heavy atom. The normalized spacial score (nSPS) is 21.6. The zero-order valence-electron chi connectivity index (χ0n) is 19.5. The lowest BCUT2D eigenvalue weighted by Gasteiger charge is -2.37. The lowest BCUT2D eigenvalue weighted by Crippen LogP contribution is -2.49. The van der Waals surface area contributed by atoms with Gasteiger partial charge >= 0.3 is 0 Å². The molecule has 0 unspecified atom stereocenters. The minimum Gasteiger partial charge on any atom is -0.495 e. The first-order valence-electron chi connectivity index (χ1n) is 12.1. The maximum Gasteiger partial charge on any atom is 0.228 e. The smallest absolute Gasteiger partial charge is 0.228 e. The van der Waals surface area contributed by atoms with Crippen molar-refractivity contribution in [1.82, 2.24) is 9.88 Å². The molecule has 1 aliphatic carbocycles. The van der Waals surface area contributed by atoms with Crippen LogP contribution in [0.5, 0.6) is 5.75 Å². The van der Waals surface area contributed by atoms with E-state index in [4.69, 9.17) is 4.74 Å². The second kappa shape index (κ2) is 11.5. The van der Waals surface area contributed by atoms with Gasteiger partial charge in [-0.1, -0.05) is 18.2 Å². The van der Waals surface area contributed by atoms with Crippen LogP contribution in [0.25, 0.3) is 0 Å². The van der Waals surface area contributed by atoms with Crippen LogP contribution in [-0.2, 0) is 4.79 Å². The second-order valence-electron chi connectivity index (χ2n) is 9.06. The van der Waals surface area contributed by atoms with Gasteiger partial charge in [-0.05, 0) is 55.9 Å². The Balaban J connectivity index is 1.33. The molecule has 0 atom stereocenters. The van der Waals surface area contributed by atoms with Crippen molar-refractivity contribution in [2.45, 2.75) is 38.3 Å². The number of halogens is 1. The van der Waals surface area contributed by atoms with Crippen molar-refractivity contribution in [2.75, 3.05) is 56.2 Å². The van der Waals surface area contributed by atoms with E-state index in [0.717, 1.165) is 57.0 Å². The van der Waals surface area contributed by atoms with E-state index in [1.165, 1.54) is 0 Å². The third kappa shape index (κ3) is 6.22. The predicted octanol–water partition coefficient (Wildman–Crippen LogP) is 4.16. The molecule has 2 aliphatic rings. The van der Waals surface area contributed by atoms with Crippen LogP contribution < -0.4 is 14.5 Å². The van der Waals surface area contributed by atoms with E-state index in [1.54, 1.807) is 13.3 Å². The fourth-order valence-electron chi connectivity index (χ4n) is 4.91. The average molecular weight is 454 g/mol. The molecule has 33 heavy (non-hydrogen) atoms. The first-order chi connectivity index (χ1) is 16.1. The van der Waals surface area contributed by atoms with Crippen molar-refractivity contribution in [3.8, 4) is 5.75 Å². The predicted molar refractivity (Wildman–Crippen MR) is 130 cm³/mol. The Hall–Kier alpha value is -2.67. The van der Waals surface area contributed by atoms with Gasteiger partial charge in [-0.2, -0.15) is 0 Å². The Kier molecular flexibility index (Phi) is 8.15. The summed E-state index contributed by atoms with van der Waals surface area (Å²) in [5, 5.41) is 0. The van der Waals surface area contributed by atoms with E-state index < -0.39 is 6.17 Å². The number of rotatable bonds is 8. The van der Waals surface area contributed by atoms with Crippen LogP contribution in [-0.4, -0.2) is 68.3 Å².